The van der Waals surface area contributed by atoms with Crippen molar-refractivity contribution in [2.75, 3.05) is 14.2 Å². The van der Waals surface area contributed by atoms with Crippen molar-refractivity contribution >= 4 is 20.6 Å². The van der Waals surface area contributed by atoms with Gasteiger partial charge in [-0.25, -0.2) is 0 Å². The fourth-order valence-electron chi connectivity index (χ4n) is 1.34. The van der Waals surface area contributed by atoms with E-state index in [0.29, 0.717) is 0 Å². The van der Waals surface area contributed by atoms with Gasteiger partial charge in [0, 0.05) is 0 Å². The third-order valence-corrected chi connectivity index (χ3v) is 6.96. The molecule has 0 aromatic heterocycles. The molecule has 1 radical (unpaired) electrons. The third kappa shape index (κ3) is 9.03. The van der Waals surface area contributed by atoms with E-state index in [0.717, 1.165) is 0 Å². The Morgan fingerprint density at radius 3 is 1.92 bits per heavy atom. The first-order valence-electron chi connectivity index (χ1n) is 5.29. The Kier molecular flexibility index (Phi) is 11.4. The zero-order valence-corrected chi connectivity index (χ0v) is 12.1. The molecule has 13 heavy (non-hydrogen) atoms. The van der Waals surface area contributed by atoms with Gasteiger partial charge in [-0.15, -0.1) is 0 Å². The summed E-state index contributed by atoms with van der Waals surface area (Å²) < 4.78 is 11.8. The van der Waals surface area contributed by atoms with Crippen LogP contribution >= 0.6 is 0 Å². The predicted molar refractivity (Wildman–Crippen MR) is 58.0 cm³/mol. The Labute approximate surface area is 90.8 Å². The predicted octanol–water partition coefficient (Wildman–Crippen LogP) is 3.13. The Hall–Kier alpha value is 0.719. The van der Waals surface area contributed by atoms with Crippen molar-refractivity contribution in [1.82, 2.24) is 0 Å². The van der Waals surface area contributed by atoms with E-state index in [-0.39, 0.29) is 0 Å². The first-order valence-corrected chi connectivity index (χ1v) is 9.63. The summed E-state index contributed by atoms with van der Waals surface area (Å²) in [5.41, 5.74) is 0. The molecule has 0 saturated carbocycles. The van der Waals surface area contributed by atoms with Crippen LogP contribution < -0.4 is 0 Å². The summed E-state index contributed by atoms with van der Waals surface area (Å²) in [5.74, 6) is 0. The maximum absolute atomic E-state index is 5.30. The molecular formula is C10H23O2Sn. The van der Waals surface area contributed by atoms with Gasteiger partial charge < -0.3 is 0 Å². The molecule has 0 unspecified atom stereocenters. The second kappa shape index (κ2) is 10.8. The van der Waals surface area contributed by atoms with E-state index in [9.17, 15) is 0 Å². The van der Waals surface area contributed by atoms with Crippen LogP contribution in [0.25, 0.3) is 0 Å². The SMILES string of the molecule is CCCCCCC[CH2][Sn]([O]C)[O]C. The molecule has 2 nitrogen and oxygen atoms in total. The summed E-state index contributed by atoms with van der Waals surface area (Å²) >= 11 is -1.77. The van der Waals surface area contributed by atoms with Crippen LogP contribution in [0.2, 0.25) is 4.44 Å². The molecule has 0 aromatic carbocycles. The second-order valence-corrected chi connectivity index (χ2v) is 9.18. The van der Waals surface area contributed by atoms with Crippen molar-refractivity contribution in [3.05, 3.63) is 0 Å². The Bertz CT molecular complexity index is 94.9. The molecule has 0 aromatic rings. The average Bonchev–Trinajstić information content (AvgIpc) is 2.17. The van der Waals surface area contributed by atoms with Crippen molar-refractivity contribution in [2.24, 2.45) is 0 Å². The van der Waals surface area contributed by atoms with Crippen LogP contribution in [0.15, 0.2) is 0 Å². The zero-order chi connectivity index (χ0) is 9.94. The van der Waals surface area contributed by atoms with E-state index in [1.165, 1.54) is 43.0 Å². The number of hydrogen-bond donors (Lipinski definition) is 0. The molecule has 0 saturated heterocycles. The Morgan fingerprint density at radius 2 is 1.38 bits per heavy atom. The number of unbranched alkanes of at least 4 members (excludes halogenated alkanes) is 5. The molecule has 0 bridgehead atoms. The van der Waals surface area contributed by atoms with Gasteiger partial charge >= 0.3 is 90.8 Å². The summed E-state index contributed by atoms with van der Waals surface area (Å²) in [7, 11) is 3.57. The van der Waals surface area contributed by atoms with E-state index >= 15 is 0 Å². The zero-order valence-electron chi connectivity index (χ0n) is 9.27. The van der Waals surface area contributed by atoms with E-state index in [2.05, 4.69) is 6.92 Å². The van der Waals surface area contributed by atoms with Crippen molar-refractivity contribution in [2.45, 2.75) is 49.9 Å². The Morgan fingerprint density at radius 1 is 0.846 bits per heavy atom. The molecule has 0 aliphatic carbocycles. The first-order chi connectivity index (χ1) is 6.35. The quantitative estimate of drug-likeness (QED) is 0.480. The van der Waals surface area contributed by atoms with Crippen molar-refractivity contribution < 1.29 is 6.15 Å². The molecule has 0 aliphatic rings. The minimum absolute atomic E-state index is 1.22. The molecule has 0 heterocycles. The summed E-state index contributed by atoms with van der Waals surface area (Å²) in [4.78, 5) is 0. The first kappa shape index (κ1) is 13.7. The molecule has 0 N–H and O–H groups in total. The van der Waals surface area contributed by atoms with Crippen LogP contribution in [0.1, 0.15) is 45.4 Å². The van der Waals surface area contributed by atoms with E-state index in [1.54, 1.807) is 14.2 Å². The molecule has 0 spiro atoms. The molecule has 0 atom stereocenters. The second-order valence-electron chi connectivity index (χ2n) is 3.30. The molecule has 0 rings (SSSR count). The van der Waals surface area contributed by atoms with E-state index in [4.69, 9.17) is 6.15 Å². The van der Waals surface area contributed by atoms with Crippen LogP contribution in [0.4, 0.5) is 0 Å². The third-order valence-electron chi connectivity index (χ3n) is 2.19. The maximum atomic E-state index is 5.30. The van der Waals surface area contributed by atoms with Gasteiger partial charge in [0.25, 0.3) is 0 Å². The fourth-order valence-corrected chi connectivity index (χ4v) is 4.52. The average molecular weight is 294 g/mol. The van der Waals surface area contributed by atoms with Gasteiger partial charge in [-0.05, 0) is 0 Å². The van der Waals surface area contributed by atoms with Crippen molar-refractivity contribution in [1.29, 1.82) is 0 Å². The molecule has 79 valence electrons. The summed E-state index contributed by atoms with van der Waals surface area (Å²) in [5, 5.41) is 0. The molecular weight excluding hydrogens is 271 g/mol. The Balaban J connectivity index is 3.05. The topological polar surface area (TPSA) is 18.5 Å². The van der Waals surface area contributed by atoms with Crippen LogP contribution in [0.5, 0.6) is 0 Å². The van der Waals surface area contributed by atoms with Crippen LogP contribution in [0.3, 0.4) is 0 Å². The summed E-state index contributed by atoms with van der Waals surface area (Å²) in [6, 6.07) is 0. The van der Waals surface area contributed by atoms with Crippen molar-refractivity contribution in [3.8, 4) is 0 Å². The molecule has 0 aliphatic heterocycles. The van der Waals surface area contributed by atoms with Crippen LogP contribution in [0, 0.1) is 0 Å². The van der Waals surface area contributed by atoms with Crippen molar-refractivity contribution in [3.63, 3.8) is 0 Å². The van der Waals surface area contributed by atoms with Gasteiger partial charge in [0.15, 0.2) is 0 Å². The standard InChI is InChI=1S/C8H17.2CH3O.Sn/c1-3-5-7-8-6-4-2;2*1-2;/h1,3-8H2,2H3;2*1H3;/q;2*-1;+2. The molecule has 0 fully saturated rings. The normalized spacial score (nSPS) is 11.1. The number of hydrogen-bond acceptors (Lipinski definition) is 2. The van der Waals surface area contributed by atoms with E-state index in [1.807, 2.05) is 0 Å². The summed E-state index contributed by atoms with van der Waals surface area (Å²) in [6.45, 7) is 2.25. The molecule has 3 heteroatoms. The van der Waals surface area contributed by atoms with Gasteiger partial charge in [0.05, 0.1) is 0 Å². The van der Waals surface area contributed by atoms with Gasteiger partial charge in [-0.2, -0.15) is 0 Å². The number of rotatable bonds is 9. The monoisotopic (exact) mass is 295 g/mol. The van der Waals surface area contributed by atoms with Crippen LogP contribution in [-0.4, -0.2) is 34.8 Å². The minimum atomic E-state index is -1.77. The van der Waals surface area contributed by atoms with Gasteiger partial charge in [0.1, 0.15) is 0 Å². The molecule has 0 amide bonds. The van der Waals surface area contributed by atoms with Gasteiger partial charge in [0.2, 0.25) is 0 Å². The summed E-state index contributed by atoms with van der Waals surface area (Å²) in [6.07, 6.45) is 8.17. The van der Waals surface area contributed by atoms with E-state index < -0.39 is 20.6 Å². The van der Waals surface area contributed by atoms with Gasteiger partial charge in [-0.1, -0.05) is 0 Å². The van der Waals surface area contributed by atoms with Gasteiger partial charge in [-0.3, -0.25) is 0 Å². The fraction of sp³-hybridized carbons (Fsp3) is 1.00. The van der Waals surface area contributed by atoms with Crippen LogP contribution in [-0.2, 0) is 6.15 Å².